The van der Waals surface area contributed by atoms with Crippen LogP contribution in [0.5, 0.6) is 0 Å². The maximum absolute atomic E-state index is 12.2. The normalized spacial score (nSPS) is 12.8. The van der Waals surface area contributed by atoms with Gasteiger partial charge in [0.25, 0.3) is 10.1 Å². The Labute approximate surface area is 142 Å². The van der Waals surface area contributed by atoms with Gasteiger partial charge >= 0.3 is 0 Å². The summed E-state index contributed by atoms with van der Waals surface area (Å²) < 4.78 is 29.5. The lowest BCUT2D eigenvalue weighted by Crippen LogP contribution is -2.32. The number of nitrogens with one attached hydrogen (secondary N) is 1. The SMILES string of the molecule is Cc1ccc(S(=O)(=O)OC(C)CNCC(=O)c2ccccc2)cc1. The topological polar surface area (TPSA) is 72.5 Å². The second-order valence-corrected chi connectivity index (χ2v) is 7.17. The molecule has 0 aliphatic carbocycles. The van der Waals surface area contributed by atoms with Crippen LogP contribution in [0.15, 0.2) is 59.5 Å². The minimum atomic E-state index is -3.80. The van der Waals surface area contributed by atoms with Crippen LogP contribution in [-0.2, 0) is 14.3 Å². The smallest absolute Gasteiger partial charge is 0.297 e. The first-order chi connectivity index (χ1) is 11.4. The molecule has 2 rings (SSSR count). The highest BCUT2D eigenvalue weighted by Gasteiger charge is 2.19. The molecule has 1 unspecified atom stereocenters. The largest absolute Gasteiger partial charge is 0.307 e. The molecule has 5 nitrogen and oxygen atoms in total. The molecule has 0 saturated carbocycles. The number of hydrogen-bond donors (Lipinski definition) is 1. The van der Waals surface area contributed by atoms with Gasteiger partial charge in [-0.2, -0.15) is 8.42 Å². The Morgan fingerprint density at radius 3 is 2.33 bits per heavy atom. The summed E-state index contributed by atoms with van der Waals surface area (Å²) in [6.45, 7) is 3.91. The Kier molecular flexibility index (Phi) is 6.25. The van der Waals surface area contributed by atoms with Crippen molar-refractivity contribution in [1.29, 1.82) is 0 Å². The minimum Gasteiger partial charge on any atom is -0.307 e. The van der Waals surface area contributed by atoms with E-state index < -0.39 is 16.2 Å². The molecule has 0 saturated heterocycles. The highest BCUT2D eigenvalue weighted by atomic mass is 32.2. The third-order valence-electron chi connectivity index (χ3n) is 3.41. The van der Waals surface area contributed by atoms with Crippen molar-refractivity contribution in [2.75, 3.05) is 13.1 Å². The zero-order valence-electron chi connectivity index (χ0n) is 13.7. The highest BCUT2D eigenvalue weighted by molar-refractivity contribution is 7.86. The molecule has 0 aliphatic heterocycles. The summed E-state index contributed by atoms with van der Waals surface area (Å²) >= 11 is 0. The predicted octanol–water partition coefficient (Wildman–Crippen LogP) is 2.56. The van der Waals surface area contributed by atoms with Crippen LogP contribution in [0.3, 0.4) is 0 Å². The number of Topliss-reactive ketones (excluding diaryl/α,β-unsaturated/α-hetero) is 1. The van der Waals surface area contributed by atoms with Crippen molar-refractivity contribution >= 4 is 15.9 Å². The quantitative estimate of drug-likeness (QED) is 0.587. The summed E-state index contributed by atoms with van der Waals surface area (Å²) in [4.78, 5) is 12.1. The van der Waals surface area contributed by atoms with Crippen molar-refractivity contribution in [2.24, 2.45) is 0 Å². The van der Waals surface area contributed by atoms with Gasteiger partial charge in [-0.05, 0) is 26.0 Å². The Morgan fingerprint density at radius 2 is 1.71 bits per heavy atom. The summed E-state index contributed by atoms with van der Waals surface area (Å²) in [7, 11) is -3.80. The van der Waals surface area contributed by atoms with Gasteiger partial charge < -0.3 is 5.32 Å². The molecule has 0 fully saturated rings. The van der Waals surface area contributed by atoms with Crippen molar-refractivity contribution in [3.8, 4) is 0 Å². The Hall–Kier alpha value is -2.02. The molecular formula is C18H21NO4S. The lowest BCUT2D eigenvalue weighted by Gasteiger charge is -2.14. The molecule has 128 valence electrons. The van der Waals surface area contributed by atoms with Crippen molar-refractivity contribution in [3.05, 3.63) is 65.7 Å². The Balaban J connectivity index is 1.83. The van der Waals surface area contributed by atoms with Crippen LogP contribution in [-0.4, -0.2) is 33.4 Å². The third-order valence-corrected chi connectivity index (χ3v) is 4.85. The van der Waals surface area contributed by atoms with E-state index in [1.54, 1.807) is 43.3 Å². The third kappa shape index (κ3) is 5.26. The van der Waals surface area contributed by atoms with Crippen LogP contribution in [0.4, 0.5) is 0 Å². The average Bonchev–Trinajstić information content (AvgIpc) is 2.55. The van der Waals surface area contributed by atoms with Crippen LogP contribution >= 0.6 is 0 Å². The summed E-state index contributed by atoms with van der Waals surface area (Å²) in [5.74, 6) is -0.0517. The average molecular weight is 347 g/mol. The number of ketones is 1. The van der Waals surface area contributed by atoms with E-state index in [-0.39, 0.29) is 23.8 Å². The van der Waals surface area contributed by atoms with Crippen LogP contribution < -0.4 is 5.32 Å². The fraction of sp³-hybridized carbons (Fsp3) is 0.278. The molecule has 0 aromatic heterocycles. The molecule has 2 aromatic rings. The number of carbonyl (C=O) groups is 1. The van der Waals surface area contributed by atoms with Crippen molar-refractivity contribution < 1.29 is 17.4 Å². The van der Waals surface area contributed by atoms with Crippen molar-refractivity contribution in [2.45, 2.75) is 24.8 Å². The number of carbonyl (C=O) groups excluding carboxylic acids is 1. The first-order valence-corrected chi connectivity index (χ1v) is 9.08. The molecule has 1 N–H and O–H groups in total. The van der Waals surface area contributed by atoms with E-state index in [1.807, 2.05) is 13.0 Å². The van der Waals surface area contributed by atoms with Crippen LogP contribution in [0.25, 0.3) is 0 Å². The first kappa shape index (κ1) is 18.3. The van der Waals surface area contributed by atoms with Gasteiger partial charge in [0, 0.05) is 12.1 Å². The van der Waals surface area contributed by atoms with E-state index in [2.05, 4.69) is 5.32 Å². The zero-order chi connectivity index (χ0) is 17.6. The van der Waals surface area contributed by atoms with E-state index in [0.717, 1.165) is 5.56 Å². The summed E-state index contributed by atoms with van der Waals surface area (Å²) in [5.41, 5.74) is 1.59. The number of aryl methyl sites for hydroxylation is 1. The molecule has 0 spiro atoms. The molecule has 0 amide bonds. The number of hydrogen-bond acceptors (Lipinski definition) is 5. The fourth-order valence-corrected chi connectivity index (χ4v) is 3.21. The van der Waals surface area contributed by atoms with E-state index in [9.17, 15) is 13.2 Å². The minimum absolute atomic E-state index is 0.0517. The van der Waals surface area contributed by atoms with Crippen LogP contribution in [0, 0.1) is 6.92 Å². The molecule has 0 radical (unpaired) electrons. The number of rotatable bonds is 8. The summed E-state index contributed by atoms with van der Waals surface area (Å²) in [6.07, 6.45) is -0.583. The monoisotopic (exact) mass is 347 g/mol. The maximum Gasteiger partial charge on any atom is 0.297 e. The second-order valence-electron chi connectivity index (χ2n) is 5.59. The predicted molar refractivity (Wildman–Crippen MR) is 92.6 cm³/mol. The second kappa shape index (κ2) is 8.19. The maximum atomic E-state index is 12.2. The molecule has 6 heteroatoms. The molecule has 2 aromatic carbocycles. The van der Waals surface area contributed by atoms with Gasteiger partial charge in [-0.3, -0.25) is 8.98 Å². The van der Waals surface area contributed by atoms with Crippen LogP contribution in [0.1, 0.15) is 22.8 Å². The zero-order valence-corrected chi connectivity index (χ0v) is 14.5. The van der Waals surface area contributed by atoms with E-state index in [0.29, 0.717) is 5.56 Å². The Bertz CT molecular complexity index is 770. The van der Waals surface area contributed by atoms with E-state index >= 15 is 0 Å². The van der Waals surface area contributed by atoms with Crippen molar-refractivity contribution in [3.63, 3.8) is 0 Å². The van der Waals surface area contributed by atoms with Gasteiger partial charge in [-0.25, -0.2) is 0 Å². The van der Waals surface area contributed by atoms with Gasteiger partial charge in [0.2, 0.25) is 0 Å². The van der Waals surface area contributed by atoms with Crippen molar-refractivity contribution in [1.82, 2.24) is 5.32 Å². The van der Waals surface area contributed by atoms with E-state index in [4.69, 9.17) is 4.18 Å². The van der Waals surface area contributed by atoms with Gasteiger partial charge in [-0.15, -0.1) is 0 Å². The lowest BCUT2D eigenvalue weighted by molar-refractivity contribution is 0.0987. The molecular weight excluding hydrogens is 326 g/mol. The summed E-state index contributed by atoms with van der Waals surface area (Å²) in [6, 6.07) is 15.4. The van der Waals surface area contributed by atoms with Gasteiger partial charge in [-0.1, -0.05) is 48.0 Å². The highest BCUT2D eigenvalue weighted by Crippen LogP contribution is 2.14. The van der Waals surface area contributed by atoms with Gasteiger partial charge in [0.05, 0.1) is 17.5 Å². The molecule has 0 aliphatic rings. The lowest BCUT2D eigenvalue weighted by atomic mass is 10.1. The molecule has 0 bridgehead atoms. The summed E-state index contributed by atoms with van der Waals surface area (Å²) in [5, 5.41) is 2.93. The van der Waals surface area contributed by atoms with Gasteiger partial charge in [0.15, 0.2) is 5.78 Å². The molecule has 1 atom stereocenters. The molecule has 24 heavy (non-hydrogen) atoms. The fourth-order valence-electron chi connectivity index (χ4n) is 2.13. The Morgan fingerprint density at radius 1 is 1.08 bits per heavy atom. The van der Waals surface area contributed by atoms with E-state index in [1.165, 1.54) is 12.1 Å². The number of benzene rings is 2. The standard InChI is InChI=1S/C18H21NO4S/c1-14-8-10-17(11-9-14)24(21,22)23-15(2)12-19-13-18(20)16-6-4-3-5-7-16/h3-11,15,19H,12-13H2,1-2H3. The van der Waals surface area contributed by atoms with Crippen LogP contribution in [0.2, 0.25) is 0 Å². The molecule has 0 heterocycles. The van der Waals surface area contributed by atoms with Gasteiger partial charge in [0.1, 0.15) is 0 Å². The first-order valence-electron chi connectivity index (χ1n) is 7.67.